The van der Waals surface area contributed by atoms with Crippen molar-refractivity contribution in [1.29, 1.82) is 0 Å². The minimum Gasteiger partial charge on any atom is -0.468 e. The SMILES string of the molecule is Clc1sc(CNCC(c2ccco2)N2CCCC2)cc1Br. The minimum atomic E-state index is 0.321. The summed E-state index contributed by atoms with van der Waals surface area (Å²) in [7, 11) is 0. The normalized spacial score (nSPS) is 17.4. The molecule has 1 atom stereocenters. The van der Waals surface area contributed by atoms with Crippen LogP contribution in [0.15, 0.2) is 33.4 Å². The Labute approximate surface area is 142 Å². The third-order valence-electron chi connectivity index (χ3n) is 3.79. The lowest BCUT2D eigenvalue weighted by molar-refractivity contribution is 0.209. The molecule has 0 amide bonds. The molecule has 1 unspecified atom stereocenters. The van der Waals surface area contributed by atoms with E-state index in [1.807, 2.05) is 6.07 Å². The second kappa shape index (κ2) is 7.29. The molecule has 0 aromatic carbocycles. The summed E-state index contributed by atoms with van der Waals surface area (Å²) >= 11 is 11.1. The number of likely N-dealkylation sites (tertiary alicyclic amines) is 1. The zero-order chi connectivity index (χ0) is 14.7. The molecule has 3 heterocycles. The topological polar surface area (TPSA) is 28.4 Å². The first-order chi connectivity index (χ1) is 10.2. The number of nitrogens with zero attached hydrogens (tertiary/aromatic N) is 1. The second-order valence-electron chi connectivity index (χ2n) is 5.24. The van der Waals surface area contributed by atoms with Gasteiger partial charge in [0.05, 0.1) is 12.3 Å². The van der Waals surface area contributed by atoms with Crippen LogP contribution in [0.25, 0.3) is 0 Å². The molecule has 114 valence electrons. The van der Waals surface area contributed by atoms with Crippen LogP contribution in [0.2, 0.25) is 4.34 Å². The molecule has 0 saturated carbocycles. The van der Waals surface area contributed by atoms with Gasteiger partial charge in [0.15, 0.2) is 0 Å². The number of rotatable bonds is 6. The Hall–Kier alpha value is -0.330. The maximum atomic E-state index is 6.08. The highest BCUT2D eigenvalue weighted by atomic mass is 79.9. The van der Waals surface area contributed by atoms with Crippen molar-refractivity contribution in [3.63, 3.8) is 0 Å². The summed E-state index contributed by atoms with van der Waals surface area (Å²) in [6, 6.07) is 6.44. The highest BCUT2D eigenvalue weighted by Crippen LogP contribution is 2.32. The minimum absolute atomic E-state index is 0.321. The predicted octanol–water partition coefficient (Wildman–Crippen LogP) is 4.68. The molecule has 0 spiro atoms. The molecule has 0 aliphatic carbocycles. The summed E-state index contributed by atoms with van der Waals surface area (Å²) < 4.78 is 7.42. The van der Waals surface area contributed by atoms with Crippen molar-refractivity contribution in [3.05, 3.63) is 43.9 Å². The molecule has 0 radical (unpaired) electrons. The van der Waals surface area contributed by atoms with E-state index in [0.717, 1.165) is 40.7 Å². The van der Waals surface area contributed by atoms with Crippen molar-refractivity contribution in [3.8, 4) is 0 Å². The standard InChI is InChI=1S/C15H18BrClN2OS/c16-12-8-11(21-15(12)17)9-18-10-13(14-4-3-7-20-14)19-5-1-2-6-19/h3-4,7-8,13,18H,1-2,5-6,9-10H2. The Morgan fingerprint density at radius 2 is 2.24 bits per heavy atom. The third kappa shape index (κ3) is 3.90. The Morgan fingerprint density at radius 1 is 1.43 bits per heavy atom. The molecule has 1 aliphatic rings. The smallest absolute Gasteiger partial charge is 0.122 e. The summed E-state index contributed by atoms with van der Waals surface area (Å²) in [4.78, 5) is 3.75. The third-order valence-corrected chi connectivity index (χ3v) is 6.26. The number of furan rings is 1. The van der Waals surface area contributed by atoms with E-state index in [1.54, 1.807) is 17.6 Å². The molecule has 0 bridgehead atoms. The van der Waals surface area contributed by atoms with Crippen molar-refractivity contribution in [1.82, 2.24) is 10.2 Å². The van der Waals surface area contributed by atoms with Gasteiger partial charge in [0, 0.05) is 22.4 Å². The van der Waals surface area contributed by atoms with Gasteiger partial charge in [-0.3, -0.25) is 4.90 Å². The van der Waals surface area contributed by atoms with E-state index >= 15 is 0 Å². The molecule has 1 N–H and O–H groups in total. The lowest BCUT2D eigenvalue weighted by Gasteiger charge is -2.26. The summed E-state index contributed by atoms with van der Waals surface area (Å²) in [6.45, 7) is 4.04. The van der Waals surface area contributed by atoms with E-state index in [-0.39, 0.29) is 0 Å². The lowest BCUT2D eigenvalue weighted by atomic mass is 10.2. The quantitative estimate of drug-likeness (QED) is 0.777. The zero-order valence-corrected chi connectivity index (χ0v) is 14.8. The van der Waals surface area contributed by atoms with Gasteiger partial charge in [0.25, 0.3) is 0 Å². The average Bonchev–Trinajstić information content (AvgIpc) is 3.19. The zero-order valence-electron chi connectivity index (χ0n) is 11.6. The van der Waals surface area contributed by atoms with Crippen molar-refractivity contribution >= 4 is 38.9 Å². The fourth-order valence-electron chi connectivity index (χ4n) is 2.75. The number of hydrogen-bond donors (Lipinski definition) is 1. The Morgan fingerprint density at radius 3 is 2.86 bits per heavy atom. The van der Waals surface area contributed by atoms with E-state index in [1.165, 1.54) is 17.7 Å². The van der Waals surface area contributed by atoms with Crippen LogP contribution in [0.3, 0.4) is 0 Å². The molecule has 21 heavy (non-hydrogen) atoms. The van der Waals surface area contributed by atoms with Crippen LogP contribution in [-0.4, -0.2) is 24.5 Å². The monoisotopic (exact) mass is 388 g/mol. The first-order valence-corrected chi connectivity index (χ1v) is 9.14. The average molecular weight is 390 g/mol. The van der Waals surface area contributed by atoms with Crippen molar-refractivity contribution in [2.45, 2.75) is 25.4 Å². The molecule has 3 rings (SSSR count). The van der Waals surface area contributed by atoms with Crippen molar-refractivity contribution < 1.29 is 4.42 Å². The molecular weight excluding hydrogens is 372 g/mol. The van der Waals surface area contributed by atoms with Crippen LogP contribution in [0.5, 0.6) is 0 Å². The molecule has 2 aromatic heterocycles. The van der Waals surface area contributed by atoms with E-state index in [0.29, 0.717) is 6.04 Å². The summed E-state index contributed by atoms with van der Waals surface area (Å²) in [6.07, 6.45) is 4.32. The maximum Gasteiger partial charge on any atom is 0.122 e. The van der Waals surface area contributed by atoms with Gasteiger partial charge in [-0.1, -0.05) is 11.6 Å². The van der Waals surface area contributed by atoms with E-state index in [9.17, 15) is 0 Å². The van der Waals surface area contributed by atoms with Crippen molar-refractivity contribution in [2.75, 3.05) is 19.6 Å². The highest BCUT2D eigenvalue weighted by molar-refractivity contribution is 9.10. The Kier molecular flexibility index (Phi) is 5.40. The van der Waals surface area contributed by atoms with E-state index in [4.69, 9.17) is 16.0 Å². The predicted molar refractivity (Wildman–Crippen MR) is 91.0 cm³/mol. The molecular formula is C15H18BrClN2OS. The van der Waals surface area contributed by atoms with E-state index < -0.39 is 0 Å². The van der Waals surface area contributed by atoms with Crippen LogP contribution in [0.4, 0.5) is 0 Å². The van der Waals surface area contributed by atoms with Crippen LogP contribution >= 0.6 is 38.9 Å². The number of halogens is 2. The number of nitrogens with one attached hydrogen (secondary N) is 1. The molecule has 1 fully saturated rings. The highest BCUT2D eigenvalue weighted by Gasteiger charge is 2.25. The first-order valence-electron chi connectivity index (χ1n) is 7.16. The molecule has 2 aromatic rings. The van der Waals surface area contributed by atoms with E-state index in [2.05, 4.69) is 38.3 Å². The Bertz CT molecular complexity index is 547. The number of hydrogen-bond acceptors (Lipinski definition) is 4. The lowest BCUT2D eigenvalue weighted by Crippen LogP contribution is -2.33. The van der Waals surface area contributed by atoms with Crippen LogP contribution in [-0.2, 0) is 6.54 Å². The van der Waals surface area contributed by atoms with Gasteiger partial charge in [-0.25, -0.2) is 0 Å². The largest absolute Gasteiger partial charge is 0.468 e. The van der Waals surface area contributed by atoms with Gasteiger partial charge >= 0.3 is 0 Å². The van der Waals surface area contributed by atoms with Gasteiger partial charge in [0.1, 0.15) is 10.1 Å². The maximum absolute atomic E-state index is 6.08. The summed E-state index contributed by atoms with van der Waals surface area (Å²) in [5.74, 6) is 1.05. The van der Waals surface area contributed by atoms with Gasteiger partial charge in [0.2, 0.25) is 0 Å². The van der Waals surface area contributed by atoms with Crippen LogP contribution < -0.4 is 5.32 Å². The summed E-state index contributed by atoms with van der Waals surface area (Å²) in [5, 5.41) is 3.54. The molecule has 6 heteroatoms. The molecule has 1 aliphatic heterocycles. The fourth-order valence-corrected chi connectivity index (χ4v) is 4.51. The second-order valence-corrected chi connectivity index (χ2v) is 7.83. The van der Waals surface area contributed by atoms with Gasteiger partial charge < -0.3 is 9.73 Å². The number of thiophene rings is 1. The van der Waals surface area contributed by atoms with Crippen LogP contribution in [0, 0.1) is 0 Å². The van der Waals surface area contributed by atoms with Gasteiger partial charge in [-0.2, -0.15) is 0 Å². The molecule has 1 saturated heterocycles. The molecule has 3 nitrogen and oxygen atoms in total. The van der Waals surface area contributed by atoms with Crippen LogP contribution in [0.1, 0.15) is 29.5 Å². The van der Waals surface area contributed by atoms with Gasteiger partial charge in [-0.15, -0.1) is 11.3 Å². The first kappa shape index (κ1) is 15.6. The van der Waals surface area contributed by atoms with Crippen molar-refractivity contribution in [2.24, 2.45) is 0 Å². The van der Waals surface area contributed by atoms with Gasteiger partial charge in [-0.05, 0) is 60.1 Å². The summed E-state index contributed by atoms with van der Waals surface area (Å²) in [5.41, 5.74) is 0. The fraction of sp³-hybridized carbons (Fsp3) is 0.467. The Balaban J connectivity index is 1.59.